The Morgan fingerprint density at radius 2 is 1.79 bits per heavy atom. The fourth-order valence-electron chi connectivity index (χ4n) is 1.64. The van der Waals surface area contributed by atoms with E-state index in [0.29, 0.717) is 11.7 Å². The van der Waals surface area contributed by atoms with Gasteiger partial charge in [0.05, 0.1) is 0 Å². The van der Waals surface area contributed by atoms with Crippen molar-refractivity contribution < 1.29 is 4.79 Å². The summed E-state index contributed by atoms with van der Waals surface area (Å²) in [6, 6.07) is 0. The first-order valence-corrected chi connectivity index (χ1v) is 5.96. The van der Waals surface area contributed by atoms with Gasteiger partial charge in [-0.1, -0.05) is 33.1 Å². The van der Waals surface area contributed by atoms with Gasteiger partial charge in [-0.05, 0) is 25.3 Å². The third-order valence-corrected chi connectivity index (χ3v) is 2.83. The summed E-state index contributed by atoms with van der Waals surface area (Å²) < 4.78 is 0. The minimum atomic E-state index is 0.440. The molecule has 0 aliphatic rings. The molecule has 0 heterocycles. The van der Waals surface area contributed by atoms with E-state index in [1.165, 1.54) is 0 Å². The zero-order valence-corrected chi connectivity index (χ0v) is 9.72. The molecule has 0 aromatic heterocycles. The second-order valence-corrected chi connectivity index (χ2v) is 4.02. The average Bonchev–Trinajstić information content (AvgIpc) is 2.21. The van der Waals surface area contributed by atoms with E-state index in [1.807, 2.05) is 0 Å². The van der Waals surface area contributed by atoms with E-state index < -0.39 is 0 Å². The van der Waals surface area contributed by atoms with Gasteiger partial charge < -0.3 is 5.73 Å². The van der Waals surface area contributed by atoms with Gasteiger partial charge in [0.15, 0.2) is 0 Å². The molecule has 14 heavy (non-hydrogen) atoms. The summed E-state index contributed by atoms with van der Waals surface area (Å²) in [5.41, 5.74) is 5.38. The first-order valence-electron chi connectivity index (χ1n) is 5.96. The molecule has 0 saturated carbocycles. The molecule has 0 bridgehead atoms. The molecule has 2 N–H and O–H groups in total. The molecule has 0 spiro atoms. The lowest BCUT2D eigenvalue weighted by Gasteiger charge is -2.10. The molecule has 0 aromatic carbocycles. The van der Waals surface area contributed by atoms with E-state index >= 15 is 0 Å². The maximum Gasteiger partial charge on any atom is 0.133 e. The summed E-state index contributed by atoms with van der Waals surface area (Å²) in [6.45, 7) is 5.08. The van der Waals surface area contributed by atoms with Crippen LogP contribution in [-0.2, 0) is 4.79 Å². The Hall–Kier alpha value is -0.370. The van der Waals surface area contributed by atoms with Gasteiger partial charge in [0, 0.05) is 12.8 Å². The van der Waals surface area contributed by atoms with Crippen LogP contribution in [0.2, 0.25) is 0 Å². The Morgan fingerprint density at radius 3 is 2.29 bits per heavy atom. The number of nitrogens with two attached hydrogens (primary N) is 1. The zero-order chi connectivity index (χ0) is 10.8. The fraction of sp³-hybridized carbons (Fsp3) is 0.917. The Morgan fingerprint density at radius 1 is 1.14 bits per heavy atom. The molecule has 0 fully saturated rings. The van der Waals surface area contributed by atoms with Crippen LogP contribution < -0.4 is 5.73 Å². The summed E-state index contributed by atoms with van der Waals surface area (Å²) in [5, 5.41) is 0. The van der Waals surface area contributed by atoms with Gasteiger partial charge in [-0.25, -0.2) is 0 Å². The first kappa shape index (κ1) is 13.6. The highest BCUT2D eigenvalue weighted by Gasteiger charge is 2.09. The maximum atomic E-state index is 11.5. The van der Waals surface area contributed by atoms with Crippen molar-refractivity contribution in [2.75, 3.05) is 6.54 Å². The van der Waals surface area contributed by atoms with E-state index in [-0.39, 0.29) is 0 Å². The molecule has 84 valence electrons. The summed E-state index contributed by atoms with van der Waals surface area (Å²) in [4.78, 5) is 11.5. The Kier molecular flexibility index (Phi) is 8.95. The van der Waals surface area contributed by atoms with E-state index in [1.54, 1.807) is 0 Å². The van der Waals surface area contributed by atoms with Crippen molar-refractivity contribution in [3.8, 4) is 0 Å². The Bertz CT molecular complexity index is 141. The van der Waals surface area contributed by atoms with Gasteiger partial charge >= 0.3 is 0 Å². The highest BCUT2D eigenvalue weighted by molar-refractivity contribution is 5.78. The van der Waals surface area contributed by atoms with Gasteiger partial charge in [-0.15, -0.1) is 0 Å². The summed E-state index contributed by atoms with van der Waals surface area (Å²) >= 11 is 0. The SMILES string of the molecule is CCC(CC)CC(=O)CCCCCN. The van der Waals surface area contributed by atoms with Crippen LogP contribution in [0.4, 0.5) is 0 Å². The molecule has 0 unspecified atom stereocenters. The lowest BCUT2D eigenvalue weighted by Crippen LogP contribution is -2.07. The molecule has 0 aliphatic carbocycles. The van der Waals surface area contributed by atoms with Crippen molar-refractivity contribution in [1.82, 2.24) is 0 Å². The standard InChI is InChI=1S/C12H25NO/c1-3-11(4-2)10-12(14)8-6-5-7-9-13/h11H,3-10,13H2,1-2H3. The van der Waals surface area contributed by atoms with Gasteiger partial charge in [0.1, 0.15) is 5.78 Å². The van der Waals surface area contributed by atoms with Crippen LogP contribution in [-0.4, -0.2) is 12.3 Å². The predicted molar refractivity (Wildman–Crippen MR) is 61.2 cm³/mol. The Balaban J connectivity index is 3.44. The van der Waals surface area contributed by atoms with Gasteiger partial charge in [-0.3, -0.25) is 4.79 Å². The number of unbranched alkanes of at least 4 members (excludes halogenated alkanes) is 2. The van der Waals surface area contributed by atoms with E-state index in [0.717, 1.165) is 51.5 Å². The van der Waals surface area contributed by atoms with Gasteiger partial charge in [0.25, 0.3) is 0 Å². The zero-order valence-electron chi connectivity index (χ0n) is 9.72. The number of rotatable bonds is 9. The molecular formula is C12H25NO. The highest BCUT2D eigenvalue weighted by atomic mass is 16.1. The van der Waals surface area contributed by atoms with Crippen molar-refractivity contribution >= 4 is 5.78 Å². The van der Waals surface area contributed by atoms with E-state index in [4.69, 9.17) is 5.73 Å². The van der Waals surface area contributed by atoms with Crippen molar-refractivity contribution in [3.63, 3.8) is 0 Å². The van der Waals surface area contributed by atoms with Crippen LogP contribution in [0, 0.1) is 5.92 Å². The second-order valence-electron chi connectivity index (χ2n) is 4.02. The normalized spacial score (nSPS) is 10.9. The minimum Gasteiger partial charge on any atom is -0.330 e. The highest BCUT2D eigenvalue weighted by Crippen LogP contribution is 2.14. The molecule has 2 nitrogen and oxygen atoms in total. The summed E-state index contributed by atoms with van der Waals surface area (Å²) in [6.07, 6.45) is 6.99. The summed E-state index contributed by atoms with van der Waals surface area (Å²) in [7, 11) is 0. The van der Waals surface area contributed by atoms with Crippen molar-refractivity contribution in [3.05, 3.63) is 0 Å². The van der Waals surface area contributed by atoms with Crippen molar-refractivity contribution in [2.24, 2.45) is 11.7 Å². The topological polar surface area (TPSA) is 43.1 Å². The molecule has 0 rings (SSSR count). The minimum absolute atomic E-state index is 0.440. The molecule has 0 radical (unpaired) electrons. The second kappa shape index (κ2) is 9.20. The molecular weight excluding hydrogens is 174 g/mol. The summed E-state index contributed by atoms with van der Waals surface area (Å²) in [5.74, 6) is 1.05. The third kappa shape index (κ3) is 7.07. The van der Waals surface area contributed by atoms with Crippen LogP contribution in [0.25, 0.3) is 0 Å². The Labute approximate surface area is 88.3 Å². The predicted octanol–water partition coefficient (Wildman–Crippen LogP) is 2.90. The van der Waals surface area contributed by atoms with Crippen LogP contribution in [0.15, 0.2) is 0 Å². The molecule has 0 aliphatic heterocycles. The molecule has 0 aromatic rings. The smallest absolute Gasteiger partial charge is 0.133 e. The lowest BCUT2D eigenvalue weighted by molar-refractivity contribution is -0.120. The van der Waals surface area contributed by atoms with Gasteiger partial charge in [-0.2, -0.15) is 0 Å². The largest absolute Gasteiger partial charge is 0.330 e. The fourth-order valence-corrected chi connectivity index (χ4v) is 1.64. The molecule has 0 saturated heterocycles. The number of ketones is 1. The first-order chi connectivity index (χ1) is 6.74. The number of Topliss-reactive ketones (excluding diaryl/α,β-unsaturated/α-hetero) is 1. The third-order valence-electron chi connectivity index (χ3n) is 2.83. The number of hydrogen-bond donors (Lipinski definition) is 1. The van der Waals surface area contributed by atoms with Crippen LogP contribution in [0.5, 0.6) is 0 Å². The number of hydrogen-bond acceptors (Lipinski definition) is 2. The van der Waals surface area contributed by atoms with E-state index in [9.17, 15) is 4.79 Å². The van der Waals surface area contributed by atoms with Gasteiger partial charge in [0.2, 0.25) is 0 Å². The van der Waals surface area contributed by atoms with Crippen LogP contribution in [0.1, 0.15) is 58.8 Å². The van der Waals surface area contributed by atoms with Crippen LogP contribution >= 0.6 is 0 Å². The monoisotopic (exact) mass is 199 g/mol. The number of carbonyl (C=O) groups is 1. The number of carbonyl (C=O) groups excluding carboxylic acids is 1. The molecule has 0 atom stereocenters. The van der Waals surface area contributed by atoms with Crippen molar-refractivity contribution in [1.29, 1.82) is 0 Å². The molecule has 2 heteroatoms. The van der Waals surface area contributed by atoms with E-state index in [2.05, 4.69) is 13.8 Å². The lowest BCUT2D eigenvalue weighted by atomic mass is 9.95. The maximum absolute atomic E-state index is 11.5. The average molecular weight is 199 g/mol. The quantitative estimate of drug-likeness (QED) is 0.580. The van der Waals surface area contributed by atoms with Crippen molar-refractivity contribution in [2.45, 2.75) is 58.8 Å². The molecule has 0 amide bonds. The van der Waals surface area contributed by atoms with Crippen LogP contribution in [0.3, 0.4) is 0 Å².